The van der Waals surface area contributed by atoms with Crippen LogP contribution in [0, 0.1) is 35.3 Å². The molecule has 4 rings (SSSR count). The van der Waals surface area contributed by atoms with E-state index in [4.69, 9.17) is 37.4 Å². The number of ether oxygens (including phenoxy) is 3. The van der Waals surface area contributed by atoms with Gasteiger partial charge in [0.15, 0.2) is 0 Å². The van der Waals surface area contributed by atoms with Gasteiger partial charge in [-0.15, -0.1) is 0 Å². The second-order valence-corrected chi connectivity index (χ2v) is 17.3. The molecule has 0 bridgehead atoms. The Morgan fingerprint density at radius 2 is 1.10 bits per heavy atom. The molecule has 4 atom stereocenters. The largest absolute Gasteiger partial charge is 0.466 e. The van der Waals surface area contributed by atoms with Crippen molar-refractivity contribution in [1.82, 2.24) is 4.90 Å². The number of carbonyl (C=O) groups excluding carboxylic acids is 2. The number of esters is 2. The zero-order valence-corrected chi connectivity index (χ0v) is 38.9. The highest BCUT2D eigenvalue weighted by atomic mass is 35.5. The molecule has 0 aliphatic heterocycles. The summed E-state index contributed by atoms with van der Waals surface area (Å²) < 4.78 is 44.4. The molecule has 342 valence electrons. The van der Waals surface area contributed by atoms with Crippen LogP contribution in [0.15, 0.2) is 84.9 Å². The van der Waals surface area contributed by atoms with E-state index in [1.54, 1.807) is 39.6 Å². The van der Waals surface area contributed by atoms with Crippen LogP contribution < -0.4 is 0 Å². The van der Waals surface area contributed by atoms with E-state index in [1.165, 1.54) is 24.3 Å². The molecule has 0 unspecified atom stereocenters. The van der Waals surface area contributed by atoms with E-state index >= 15 is 0 Å². The lowest BCUT2D eigenvalue weighted by Gasteiger charge is -2.23. The fraction of sp³-hybridized carbons (Fsp3) is 0.458. The summed E-state index contributed by atoms with van der Waals surface area (Å²) in [7, 11) is 3.94. The van der Waals surface area contributed by atoms with E-state index in [9.17, 15) is 33.5 Å². The molecule has 0 spiro atoms. The Bertz CT molecular complexity index is 1980. The molecule has 4 aromatic rings. The lowest BCUT2D eigenvalue weighted by atomic mass is 9.62. The van der Waals surface area contributed by atoms with Gasteiger partial charge in [-0.2, -0.15) is 0 Å². The molecule has 4 aromatic carbocycles. The molecular weight excluding hydrogens is 849 g/mol. The molecule has 0 amide bonds. The number of halogens is 4. The standard InChI is InChI=1S/C26H36BClFNO4.C22H27BClFO4/c1-5-34-26(31)22(18-33-13-12-30(3)4)15-20(17-27(2)32)14-19-6-8-21(9-7-19)24-16-23(28)10-11-25(24)29;1-3-29-22(27)18(14-26)11-16(13-23(2)28)10-15-4-6-17(7-5-15)20-12-19(24)8-9-21(20)25/h6-11,16,20,22,32H,5,12-15,17-18H2,1-4H3;4-9,12,16,18,26,28H,3,10-11,13-14H2,1-2H3/t20-,22+;16-,18+/m11/s1. The predicted molar refractivity (Wildman–Crippen MR) is 251 cm³/mol. The fourth-order valence-electron chi connectivity index (χ4n) is 7.51. The van der Waals surface area contributed by atoms with Gasteiger partial charge in [0.25, 0.3) is 13.8 Å². The molecule has 0 aliphatic rings. The van der Waals surface area contributed by atoms with Gasteiger partial charge in [-0.1, -0.05) is 85.4 Å². The monoisotopic (exact) mass is 911 g/mol. The summed E-state index contributed by atoms with van der Waals surface area (Å²) in [4.78, 5) is 26.6. The number of hydrogen-bond donors (Lipinski definition) is 3. The Hall–Kier alpha value is -3.81. The Morgan fingerprint density at radius 3 is 1.48 bits per heavy atom. The first-order valence-corrected chi connectivity index (χ1v) is 22.4. The number of hydrogen-bond acceptors (Lipinski definition) is 9. The maximum Gasteiger partial charge on any atom is 0.311 e. The van der Waals surface area contributed by atoms with Crippen LogP contribution >= 0.6 is 23.2 Å². The van der Waals surface area contributed by atoms with Gasteiger partial charge in [0, 0.05) is 27.7 Å². The van der Waals surface area contributed by atoms with Crippen LogP contribution in [0.2, 0.25) is 36.3 Å². The van der Waals surface area contributed by atoms with Crippen molar-refractivity contribution in [1.29, 1.82) is 0 Å². The number of likely N-dealkylation sites (N-methyl/N-ethyl adjacent to an activating group) is 1. The van der Waals surface area contributed by atoms with Crippen molar-refractivity contribution < 1.29 is 47.7 Å². The molecule has 9 nitrogen and oxygen atoms in total. The Balaban J connectivity index is 0.000000340. The summed E-state index contributed by atoms with van der Waals surface area (Å²) in [6.45, 7) is 7.83. The molecule has 0 fully saturated rings. The highest BCUT2D eigenvalue weighted by molar-refractivity contribution is 6.48. The summed E-state index contributed by atoms with van der Waals surface area (Å²) >= 11 is 12.0. The van der Waals surface area contributed by atoms with Gasteiger partial charge in [0.05, 0.1) is 44.9 Å². The Kier molecular flexibility index (Phi) is 23.9. The average molecular weight is 913 g/mol. The van der Waals surface area contributed by atoms with Crippen molar-refractivity contribution in [3.05, 3.63) is 118 Å². The molecule has 0 radical (unpaired) electrons. The molecule has 0 saturated heterocycles. The lowest BCUT2D eigenvalue weighted by Crippen LogP contribution is -2.29. The van der Waals surface area contributed by atoms with Crippen LogP contribution in [-0.4, -0.2) is 99.5 Å². The highest BCUT2D eigenvalue weighted by Gasteiger charge is 2.28. The maximum absolute atomic E-state index is 14.2. The van der Waals surface area contributed by atoms with E-state index in [0.29, 0.717) is 72.7 Å². The van der Waals surface area contributed by atoms with Gasteiger partial charge in [-0.05, 0) is 137 Å². The minimum absolute atomic E-state index is 0.00897. The summed E-state index contributed by atoms with van der Waals surface area (Å²) in [5, 5.41) is 30.4. The second kappa shape index (κ2) is 28.2. The van der Waals surface area contributed by atoms with E-state index in [0.717, 1.165) is 28.8 Å². The predicted octanol–water partition coefficient (Wildman–Crippen LogP) is 9.55. The summed E-state index contributed by atoms with van der Waals surface area (Å²) in [6.07, 6.45) is 3.33. The van der Waals surface area contributed by atoms with E-state index in [-0.39, 0.29) is 49.3 Å². The van der Waals surface area contributed by atoms with Crippen molar-refractivity contribution >= 4 is 49.0 Å². The van der Waals surface area contributed by atoms with Crippen LogP contribution in [0.4, 0.5) is 8.78 Å². The van der Waals surface area contributed by atoms with Gasteiger partial charge in [-0.25, -0.2) is 8.78 Å². The Morgan fingerprint density at radius 1 is 0.683 bits per heavy atom. The zero-order valence-electron chi connectivity index (χ0n) is 37.4. The van der Waals surface area contributed by atoms with Crippen molar-refractivity contribution in [2.75, 3.05) is 53.7 Å². The van der Waals surface area contributed by atoms with E-state index < -0.39 is 31.6 Å². The molecule has 3 N–H and O–H groups in total. The second-order valence-electron chi connectivity index (χ2n) is 16.4. The first kappa shape index (κ1) is 53.5. The van der Waals surface area contributed by atoms with Crippen LogP contribution in [0.25, 0.3) is 22.3 Å². The maximum atomic E-state index is 14.2. The lowest BCUT2D eigenvalue weighted by molar-refractivity contribution is -0.151. The van der Waals surface area contributed by atoms with E-state index in [1.807, 2.05) is 67.5 Å². The van der Waals surface area contributed by atoms with Gasteiger partial charge >= 0.3 is 11.9 Å². The molecule has 0 saturated carbocycles. The SMILES string of the molecule is CCOC(=O)[C@H](CO)C[C@H](CB(C)O)Cc1ccc(-c2cc(Cl)ccc2F)cc1.CCOC(=O)[C@H](COCCN(C)C)C[C@H](CB(C)O)Cc1ccc(-c2cc(Cl)ccc2F)cc1. The quantitative estimate of drug-likeness (QED) is 0.0358. The van der Waals surface area contributed by atoms with E-state index in [2.05, 4.69) is 0 Å². The summed E-state index contributed by atoms with van der Waals surface area (Å²) in [6, 6.07) is 24.1. The van der Waals surface area contributed by atoms with Crippen LogP contribution in [-0.2, 0) is 36.6 Å². The smallest absolute Gasteiger partial charge is 0.311 e. The minimum atomic E-state index is -0.612. The number of rotatable bonds is 24. The normalized spacial score (nSPS) is 13.0. The van der Waals surface area contributed by atoms with Gasteiger partial charge in [0.2, 0.25) is 0 Å². The summed E-state index contributed by atoms with van der Waals surface area (Å²) in [5.41, 5.74) is 4.41. The minimum Gasteiger partial charge on any atom is -0.466 e. The van der Waals surface area contributed by atoms with Gasteiger partial charge in [0.1, 0.15) is 11.6 Å². The topological polar surface area (TPSA) is 126 Å². The van der Waals surface area contributed by atoms with Crippen LogP contribution in [0.5, 0.6) is 0 Å². The van der Waals surface area contributed by atoms with Crippen LogP contribution in [0.1, 0.15) is 37.8 Å². The third-order valence-corrected chi connectivity index (χ3v) is 11.0. The molecule has 0 aliphatic carbocycles. The molecule has 63 heavy (non-hydrogen) atoms. The van der Waals surface area contributed by atoms with Crippen molar-refractivity contribution in [3.8, 4) is 22.3 Å². The number of aliphatic hydroxyl groups is 1. The Labute approximate surface area is 383 Å². The third kappa shape index (κ3) is 19.5. The number of nitrogens with zero attached hydrogens (tertiary/aromatic N) is 1. The molecule has 0 aromatic heterocycles. The zero-order chi connectivity index (χ0) is 46.5. The number of aliphatic hydroxyl groups excluding tert-OH is 1. The van der Waals surface area contributed by atoms with Gasteiger partial charge < -0.3 is 34.3 Å². The summed E-state index contributed by atoms with van der Waals surface area (Å²) in [5.74, 6) is -2.31. The van der Waals surface area contributed by atoms with Gasteiger partial charge in [-0.3, -0.25) is 9.59 Å². The average Bonchev–Trinajstić information content (AvgIpc) is 3.23. The number of carbonyl (C=O) groups is 2. The molecule has 15 heteroatoms. The number of benzene rings is 4. The third-order valence-electron chi connectivity index (χ3n) is 10.5. The van der Waals surface area contributed by atoms with Crippen molar-refractivity contribution in [3.63, 3.8) is 0 Å². The first-order valence-electron chi connectivity index (χ1n) is 21.6. The fourth-order valence-corrected chi connectivity index (χ4v) is 7.85. The molecular formula is C48H63B2Cl2F2NO8. The highest BCUT2D eigenvalue weighted by Crippen LogP contribution is 2.31. The van der Waals surface area contributed by atoms with Crippen molar-refractivity contribution in [2.45, 2.75) is 65.8 Å². The first-order chi connectivity index (χ1) is 30.0. The van der Waals surface area contributed by atoms with Crippen LogP contribution in [0.3, 0.4) is 0 Å². The van der Waals surface area contributed by atoms with Crippen molar-refractivity contribution in [2.24, 2.45) is 23.7 Å². The molecule has 0 heterocycles.